The van der Waals surface area contributed by atoms with Gasteiger partial charge in [-0.25, -0.2) is 0 Å². The van der Waals surface area contributed by atoms with Crippen molar-refractivity contribution in [1.29, 1.82) is 5.26 Å². The van der Waals surface area contributed by atoms with E-state index >= 15 is 0 Å². The number of nitrogens with one attached hydrogen (secondary N) is 1. The van der Waals surface area contributed by atoms with E-state index in [4.69, 9.17) is 33.2 Å². The fraction of sp³-hybridized carbons (Fsp3) is 0.429. The Balaban J connectivity index is 1.90. The first-order valence-corrected chi connectivity index (χ1v) is 7.00. The highest BCUT2D eigenvalue weighted by Gasteiger charge is 2.43. The molecule has 0 spiro atoms. The maximum Gasteiger partial charge on any atom is 0.259 e. The average molecular weight is 313 g/mol. The van der Waals surface area contributed by atoms with Gasteiger partial charge in [-0.1, -0.05) is 23.2 Å². The minimum absolute atomic E-state index is 0.189. The van der Waals surface area contributed by atoms with E-state index < -0.39 is 5.54 Å². The van der Waals surface area contributed by atoms with Gasteiger partial charge in [-0.15, -0.1) is 0 Å². The number of hydrogen-bond acceptors (Lipinski definition) is 3. The molecule has 0 heterocycles. The molecule has 0 unspecified atom stereocenters. The van der Waals surface area contributed by atoms with Crippen LogP contribution in [0.15, 0.2) is 18.2 Å². The van der Waals surface area contributed by atoms with E-state index in [2.05, 4.69) is 11.4 Å². The summed E-state index contributed by atoms with van der Waals surface area (Å²) in [6.07, 6.45) is 1.93. The summed E-state index contributed by atoms with van der Waals surface area (Å²) in [4.78, 5) is 11.8. The van der Waals surface area contributed by atoms with Crippen LogP contribution < -0.4 is 10.1 Å². The number of carbonyl (C=O) groups is 1. The van der Waals surface area contributed by atoms with Crippen molar-refractivity contribution in [2.24, 2.45) is 5.92 Å². The van der Waals surface area contributed by atoms with Crippen LogP contribution in [-0.4, -0.2) is 18.1 Å². The fourth-order valence-electron chi connectivity index (χ4n) is 1.94. The molecule has 1 aromatic carbocycles. The molecule has 1 N–H and O–H groups in total. The molecule has 0 bridgehead atoms. The lowest BCUT2D eigenvalue weighted by Crippen LogP contribution is -2.48. The minimum Gasteiger partial charge on any atom is -0.482 e. The van der Waals surface area contributed by atoms with Crippen LogP contribution in [0.3, 0.4) is 0 Å². The maximum atomic E-state index is 11.8. The number of ether oxygens (including phenoxy) is 1. The second-order valence-electron chi connectivity index (χ2n) is 5.00. The molecule has 1 fully saturated rings. The normalized spacial score (nSPS) is 16.9. The van der Waals surface area contributed by atoms with Crippen molar-refractivity contribution in [3.8, 4) is 11.8 Å². The second-order valence-corrected chi connectivity index (χ2v) is 5.84. The van der Waals surface area contributed by atoms with Crippen molar-refractivity contribution in [1.82, 2.24) is 5.32 Å². The highest BCUT2D eigenvalue weighted by atomic mass is 35.5. The van der Waals surface area contributed by atoms with Crippen molar-refractivity contribution < 1.29 is 9.53 Å². The van der Waals surface area contributed by atoms with Crippen LogP contribution in [0.1, 0.15) is 19.8 Å². The maximum absolute atomic E-state index is 11.8. The Morgan fingerprint density at radius 2 is 2.25 bits per heavy atom. The number of rotatable bonds is 5. The number of nitrogens with zero attached hydrogens (tertiary/aromatic N) is 1. The molecule has 0 aliphatic heterocycles. The molecule has 20 heavy (non-hydrogen) atoms. The first-order valence-electron chi connectivity index (χ1n) is 6.25. The predicted octanol–water partition coefficient (Wildman–Crippen LogP) is 3.18. The Labute approximate surface area is 127 Å². The van der Waals surface area contributed by atoms with Crippen LogP contribution in [0, 0.1) is 17.2 Å². The lowest BCUT2D eigenvalue weighted by Gasteiger charge is -2.22. The van der Waals surface area contributed by atoms with Gasteiger partial charge in [0.05, 0.1) is 11.1 Å². The van der Waals surface area contributed by atoms with E-state index in [1.807, 2.05) is 0 Å². The average Bonchev–Trinajstić information content (AvgIpc) is 3.22. The SMILES string of the molecule is C[C@@](C#N)(NC(=O)COc1ccc(Cl)cc1Cl)C1CC1. The quantitative estimate of drug-likeness (QED) is 0.908. The van der Waals surface area contributed by atoms with Gasteiger partial charge in [0, 0.05) is 5.02 Å². The molecular weight excluding hydrogens is 299 g/mol. The summed E-state index contributed by atoms with van der Waals surface area (Å²) in [6, 6.07) is 6.93. The Morgan fingerprint density at radius 3 is 2.80 bits per heavy atom. The van der Waals surface area contributed by atoms with Gasteiger partial charge in [-0.2, -0.15) is 5.26 Å². The molecule has 6 heteroatoms. The van der Waals surface area contributed by atoms with Crippen LogP contribution >= 0.6 is 23.2 Å². The van der Waals surface area contributed by atoms with Crippen molar-refractivity contribution in [2.45, 2.75) is 25.3 Å². The summed E-state index contributed by atoms with van der Waals surface area (Å²) in [5.41, 5.74) is -0.815. The van der Waals surface area contributed by atoms with E-state index in [1.165, 1.54) is 0 Å². The van der Waals surface area contributed by atoms with E-state index in [-0.39, 0.29) is 18.4 Å². The highest BCUT2D eigenvalue weighted by molar-refractivity contribution is 6.35. The largest absolute Gasteiger partial charge is 0.482 e. The zero-order valence-electron chi connectivity index (χ0n) is 11.0. The molecule has 1 aliphatic rings. The molecule has 4 nitrogen and oxygen atoms in total. The summed E-state index contributed by atoms with van der Waals surface area (Å²) in [5.74, 6) is 0.277. The Morgan fingerprint density at radius 1 is 1.55 bits per heavy atom. The number of carbonyl (C=O) groups excluding carboxylic acids is 1. The molecule has 1 aliphatic carbocycles. The summed E-state index contributed by atoms with van der Waals surface area (Å²) in [5, 5.41) is 12.7. The fourth-order valence-corrected chi connectivity index (χ4v) is 2.41. The number of hydrogen-bond donors (Lipinski definition) is 1. The van der Waals surface area contributed by atoms with Gasteiger partial charge in [0.25, 0.3) is 5.91 Å². The van der Waals surface area contributed by atoms with Crippen LogP contribution in [0.2, 0.25) is 10.0 Å². The van der Waals surface area contributed by atoms with Crippen LogP contribution in [0.4, 0.5) is 0 Å². The smallest absolute Gasteiger partial charge is 0.259 e. The molecule has 1 saturated carbocycles. The standard InChI is InChI=1S/C14H14Cl2N2O2/c1-14(8-17,9-2-3-9)18-13(19)7-20-12-5-4-10(15)6-11(12)16/h4-6,9H,2-3,7H2,1H3,(H,18,19)/t14-/m0/s1. The number of nitriles is 1. The van der Waals surface area contributed by atoms with Crippen LogP contribution in [-0.2, 0) is 4.79 Å². The van der Waals surface area contributed by atoms with Crippen molar-refractivity contribution >= 4 is 29.1 Å². The van der Waals surface area contributed by atoms with E-state index in [9.17, 15) is 4.79 Å². The van der Waals surface area contributed by atoms with Gasteiger partial charge < -0.3 is 10.1 Å². The molecular formula is C14H14Cl2N2O2. The zero-order chi connectivity index (χ0) is 14.8. The number of halogens is 2. The van der Waals surface area contributed by atoms with Crippen LogP contribution in [0.25, 0.3) is 0 Å². The van der Waals surface area contributed by atoms with Gasteiger partial charge in [-0.05, 0) is 43.9 Å². The molecule has 106 valence electrons. The second kappa shape index (κ2) is 5.90. The predicted molar refractivity (Wildman–Crippen MR) is 76.8 cm³/mol. The van der Waals surface area contributed by atoms with Gasteiger partial charge in [0.2, 0.25) is 0 Å². The summed E-state index contributed by atoms with van der Waals surface area (Å²) >= 11 is 11.7. The molecule has 1 amide bonds. The van der Waals surface area contributed by atoms with Crippen molar-refractivity contribution in [2.75, 3.05) is 6.61 Å². The Kier molecular flexibility index (Phi) is 4.42. The minimum atomic E-state index is -0.815. The summed E-state index contributed by atoms with van der Waals surface area (Å²) in [6.45, 7) is 1.54. The summed E-state index contributed by atoms with van der Waals surface area (Å²) in [7, 11) is 0. The lowest BCUT2D eigenvalue weighted by atomic mass is 9.98. The number of amides is 1. The van der Waals surface area contributed by atoms with Gasteiger partial charge in [0.15, 0.2) is 6.61 Å². The van der Waals surface area contributed by atoms with Gasteiger partial charge in [-0.3, -0.25) is 4.79 Å². The third-order valence-corrected chi connectivity index (χ3v) is 3.81. The number of benzene rings is 1. The molecule has 2 rings (SSSR count). The first-order chi connectivity index (χ1) is 9.44. The zero-order valence-corrected chi connectivity index (χ0v) is 12.5. The Hall–Kier alpha value is -1.44. The van der Waals surface area contributed by atoms with E-state index in [0.717, 1.165) is 12.8 Å². The molecule has 0 aromatic heterocycles. The molecule has 1 atom stereocenters. The summed E-state index contributed by atoms with van der Waals surface area (Å²) < 4.78 is 5.33. The highest BCUT2D eigenvalue weighted by Crippen LogP contribution is 2.39. The van der Waals surface area contributed by atoms with Gasteiger partial charge >= 0.3 is 0 Å². The van der Waals surface area contributed by atoms with Crippen molar-refractivity contribution in [3.05, 3.63) is 28.2 Å². The topological polar surface area (TPSA) is 62.1 Å². The van der Waals surface area contributed by atoms with E-state index in [1.54, 1.807) is 25.1 Å². The monoisotopic (exact) mass is 312 g/mol. The van der Waals surface area contributed by atoms with Crippen LogP contribution in [0.5, 0.6) is 5.75 Å². The van der Waals surface area contributed by atoms with E-state index in [0.29, 0.717) is 15.8 Å². The third kappa shape index (κ3) is 3.56. The lowest BCUT2D eigenvalue weighted by molar-refractivity contribution is -0.124. The van der Waals surface area contributed by atoms with Gasteiger partial charge in [0.1, 0.15) is 11.3 Å². The first kappa shape index (κ1) is 15.0. The Bertz CT molecular complexity index is 567. The third-order valence-electron chi connectivity index (χ3n) is 3.28. The molecule has 1 aromatic rings. The molecule has 0 radical (unpaired) electrons. The van der Waals surface area contributed by atoms with Crippen molar-refractivity contribution in [3.63, 3.8) is 0 Å². The molecule has 0 saturated heterocycles.